The van der Waals surface area contributed by atoms with Crippen LogP contribution in [-0.2, 0) is 21.2 Å². The van der Waals surface area contributed by atoms with Crippen molar-refractivity contribution in [3.05, 3.63) is 40.9 Å². The van der Waals surface area contributed by atoms with Crippen LogP contribution in [0.25, 0.3) is 22.1 Å². The number of carbonyl (C=O) groups is 1. The predicted molar refractivity (Wildman–Crippen MR) is 95.6 cm³/mol. The third-order valence-corrected chi connectivity index (χ3v) is 6.56. The van der Waals surface area contributed by atoms with E-state index in [0.717, 1.165) is 5.39 Å². The predicted octanol–water partition coefficient (Wildman–Crippen LogP) is 0.788. The quantitative estimate of drug-likeness (QED) is 0.671. The minimum Gasteiger partial charge on any atom is -0.448 e. The lowest BCUT2D eigenvalue weighted by Crippen LogP contribution is -2.41. The van der Waals surface area contributed by atoms with Gasteiger partial charge in [-0.1, -0.05) is 12.1 Å². The van der Waals surface area contributed by atoms with Crippen LogP contribution in [0.3, 0.4) is 0 Å². The van der Waals surface area contributed by atoms with E-state index in [1.54, 1.807) is 19.2 Å². The van der Waals surface area contributed by atoms with Crippen molar-refractivity contribution in [1.29, 1.82) is 0 Å². The van der Waals surface area contributed by atoms with Crippen LogP contribution in [0.15, 0.2) is 39.8 Å². The molecule has 1 fully saturated rings. The number of aromatic nitrogens is 2. The van der Waals surface area contributed by atoms with Gasteiger partial charge in [0.1, 0.15) is 17.6 Å². The number of nitrogens with zero attached hydrogens (tertiary/aromatic N) is 3. The first-order chi connectivity index (χ1) is 12.4. The molecule has 1 aliphatic heterocycles. The van der Waals surface area contributed by atoms with Gasteiger partial charge in [-0.15, -0.1) is 0 Å². The summed E-state index contributed by atoms with van der Waals surface area (Å²) in [6, 6.07) is 6.85. The first-order valence-electron chi connectivity index (χ1n) is 8.18. The van der Waals surface area contributed by atoms with Crippen molar-refractivity contribution in [2.75, 3.05) is 18.6 Å². The van der Waals surface area contributed by atoms with E-state index in [9.17, 15) is 18.0 Å². The molecule has 9 heteroatoms. The molecule has 1 aliphatic rings. The number of hydrogen-bond acceptors (Lipinski definition) is 6. The molecule has 8 nitrogen and oxygen atoms in total. The van der Waals surface area contributed by atoms with Gasteiger partial charge in [0, 0.05) is 18.5 Å². The van der Waals surface area contributed by atoms with Crippen LogP contribution in [0.5, 0.6) is 0 Å². The third kappa shape index (κ3) is 2.78. The zero-order valence-electron chi connectivity index (χ0n) is 14.1. The lowest BCUT2D eigenvalue weighted by Gasteiger charge is -2.23. The van der Waals surface area contributed by atoms with Gasteiger partial charge in [-0.05, 0) is 18.6 Å². The van der Waals surface area contributed by atoms with Gasteiger partial charge in [0.2, 0.25) is 11.5 Å². The number of carbonyl (C=O) groups excluding carboxylic acids is 1. The molecule has 0 bridgehead atoms. The van der Waals surface area contributed by atoms with Gasteiger partial charge in [0.15, 0.2) is 9.84 Å². The Bertz CT molecular complexity index is 1180. The number of benzene rings is 1. The molecule has 1 atom stereocenters. The Labute approximate surface area is 148 Å². The molecule has 136 valence electrons. The highest BCUT2D eigenvalue weighted by atomic mass is 32.2. The minimum atomic E-state index is -3.09. The normalized spacial score (nSPS) is 19.2. The molecule has 0 radical (unpaired) electrons. The van der Waals surface area contributed by atoms with E-state index in [2.05, 4.69) is 4.98 Å². The molecule has 4 rings (SSSR count). The fourth-order valence-corrected chi connectivity index (χ4v) is 5.04. The van der Waals surface area contributed by atoms with Gasteiger partial charge >= 0.3 is 0 Å². The molecule has 26 heavy (non-hydrogen) atoms. The van der Waals surface area contributed by atoms with E-state index in [0.29, 0.717) is 17.5 Å². The summed E-state index contributed by atoms with van der Waals surface area (Å²) in [5, 5.41) is 0.742. The van der Waals surface area contributed by atoms with E-state index < -0.39 is 15.4 Å². The number of likely N-dealkylation sites (N-methyl/N-ethyl adjacent to an activating group) is 1. The van der Waals surface area contributed by atoms with E-state index in [1.807, 2.05) is 12.1 Å². The van der Waals surface area contributed by atoms with Crippen LogP contribution in [0.4, 0.5) is 0 Å². The fraction of sp³-hybridized carbons (Fsp3) is 0.353. The van der Waals surface area contributed by atoms with Crippen molar-refractivity contribution in [1.82, 2.24) is 14.5 Å². The summed E-state index contributed by atoms with van der Waals surface area (Å²) in [6.45, 7) is -0.216. The molecule has 0 N–H and O–H groups in total. The monoisotopic (exact) mass is 375 g/mol. The smallest absolute Gasteiger partial charge is 0.297 e. The Hall–Kier alpha value is -2.68. The summed E-state index contributed by atoms with van der Waals surface area (Å²) in [4.78, 5) is 30.8. The lowest BCUT2D eigenvalue weighted by molar-refractivity contribution is -0.132. The zero-order valence-corrected chi connectivity index (χ0v) is 14.9. The number of para-hydroxylation sites is 1. The number of sulfone groups is 1. The van der Waals surface area contributed by atoms with Gasteiger partial charge in [-0.2, -0.15) is 0 Å². The number of furan rings is 1. The third-order valence-electron chi connectivity index (χ3n) is 4.81. The molecular formula is C17H17N3O5S. The second kappa shape index (κ2) is 5.94. The maximum Gasteiger partial charge on any atom is 0.297 e. The van der Waals surface area contributed by atoms with Crippen molar-refractivity contribution < 1.29 is 17.6 Å². The summed E-state index contributed by atoms with van der Waals surface area (Å²) in [7, 11) is -1.53. The Morgan fingerprint density at radius 1 is 1.38 bits per heavy atom. The highest BCUT2D eigenvalue weighted by Crippen LogP contribution is 2.24. The molecule has 0 spiro atoms. The van der Waals surface area contributed by atoms with Crippen molar-refractivity contribution in [2.45, 2.75) is 19.0 Å². The van der Waals surface area contributed by atoms with Gasteiger partial charge in [-0.25, -0.2) is 13.4 Å². The SMILES string of the molecule is CN(C(=O)Cn1cnc2c(oc3ccccc32)c1=O)[C@@H]1CCS(=O)(=O)C1. The largest absolute Gasteiger partial charge is 0.448 e. The molecule has 0 unspecified atom stereocenters. The molecule has 3 aromatic rings. The van der Waals surface area contributed by atoms with Crippen LogP contribution < -0.4 is 5.56 Å². The molecule has 1 amide bonds. The average molecular weight is 375 g/mol. The Balaban J connectivity index is 1.63. The maximum absolute atomic E-state index is 12.6. The van der Waals surface area contributed by atoms with Crippen molar-refractivity contribution in [3.63, 3.8) is 0 Å². The van der Waals surface area contributed by atoms with E-state index in [4.69, 9.17) is 4.42 Å². The van der Waals surface area contributed by atoms with E-state index in [-0.39, 0.29) is 35.6 Å². The van der Waals surface area contributed by atoms with Gasteiger partial charge in [-0.3, -0.25) is 14.2 Å². The topological polar surface area (TPSA) is 102 Å². The summed E-state index contributed by atoms with van der Waals surface area (Å²) in [5.41, 5.74) is 0.689. The Morgan fingerprint density at radius 2 is 2.15 bits per heavy atom. The molecule has 0 saturated carbocycles. The molecule has 1 saturated heterocycles. The van der Waals surface area contributed by atoms with Gasteiger partial charge in [0.25, 0.3) is 5.56 Å². The molecular weight excluding hydrogens is 358 g/mol. The number of fused-ring (bicyclic) bond motifs is 3. The second-order valence-electron chi connectivity index (χ2n) is 6.52. The number of hydrogen-bond donors (Lipinski definition) is 0. The summed E-state index contributed by atoms with van der Waals surface area (Å²) >= 11 is 0. The van der Waals surface area contributed by atoms with Crippen molar-refractivity contribution >= 4 is 37.8 Å². The molecule has 1 aromatic carbocycles. The number of rotatable bonds is 3. The van der Waals surface area contributed by atoms with Crippen molar-refractivity contribution in [2.24, 2.45) is 0 Å². The van der Waals surface area contributed by atoms with E-state index >= 15 is 0 Å². The summed E-state index contributed by atoms with van der Waals surface area (Å²) in [6.07, 6.45) is 1.74. The zero-order chi connectivity index (χ0) is 18.5. The molecule has 3 heterocycles. The van der Waals surface area contributed by atoms with Crippen LogP contribution in [-0.4, -0.2) is 53.4 Å². The fourth-order valence-electron chi connectivity index (χ4n) is 3.27. The van der Waals surface area contributed by atoms with E-state index in [1.165, 1.54) is 15.8 Å². The summed E-state index contributed by atoms with van der Waals surface area (Å²) in [5.74, 6) is -0.293. The number of amides is 1. The first-order valence-corrected chi connectivity index (χ1v) is 10.0. The van der Waals surface area contributed by atoms with Crippen molar-refractivity contribution in [3.8, 4) is 0 Å². The molecule has 2 aromatic heterocycles. The maximum atomic E-state index is 12.6. The van der Waals surface area contributed by atoms with Gasteiger partial charge < -0.3 is 9.32 Å². The van der Waals surface area contributed by atoms with Crippen LogP contribution in [0.1, 0.15) is 6.42 Å². The minimum absolute atomic E-state index is 0.0367. The Morgan fingerprint density at radius 3 is 2.88 bits per heavy atom. The lowest BCUT2D eigenvalue weighted by atomic mass is 10.2. The highest BCUT2D eigenvalue weighted by molar-refractivity contribution is 7.91. The average Bonchev–Trinajstić information content (AvgIpc) is 3.17. The van der Waals surface area contributed by atoms with Crippen LogP contribution in [0, 0.1) is 0 Å². The van der Waals surface area contributed by atoms with Crippen LogP contribution in [0.2, 0.25) is 0 Å². The summed E-state index contributed by atoms with van der Waals surface area (Å²) < 4.78 is 30.0. The second-order valence-corrected chi connectivity index (χ2v) is 8.74. The Kier molecular flexibility index (Phi) is 3.83. The first kappa shape index (κ1) is 16.8. The van der Waals surface area contributed by atoms with Gasteiger partial charge in [0.05, 0.1) is 17.8 Å². The highest BCUT2D eigenvalue weighted by Gasteiger charge is 2.32. The van der Waals surface area contributed by atoms with Crippen LogP contribution >= 0.6 is 0 Å². The molecule has 0 aliphatic carbocycles. The standard InChI is InChI=1S/C17H17N3O5S/c1-19(11-6-7-26(23,24)9-11)14(21)8-20-10-18-15-12-4-2-3-5-13(12)25-16(15)17(20)22/h2-5,10-11H,6-9H2,1H3/t11-/m1/s1.